The van der Waals surface area contributed by atoms with Gasteiger partial charge in [0, 0.05) is 5.56 Å². The number of allylic oxidation sites excluding steroid dienone is 2. The Morgan fingerprint density at radius 1 is 0.952 bits per heavy atom. The first-order valence-corrected chi connectivity index (χ1v) is 7.52. The van der Waals surface area contributed by atoms with Crippen LogP contribution in [-0.4, -0.2) is 6.61 Å². The largest absolute Gasteiger partial charge is 0.493 e. The fraction of sp³-hybridized carbons (Fsp3) is 0.200. The lowest BCUT2D eigenvalue weighted by Crippen LogP contribution is -1.94. The summed E-state index contributed by atoms with van der Waals surface area (Å²) in [7, 11) is 0. The van der Waals surface area contributed by atoms with Gasteiger partial charge in [-0.05, 0) is 18.1 Å². The van der Waals surface area contributed by atoms with Gasteiger partial charge in [0.25, 0.3) is 0 Å². The Hall–Kier alpha value is -2.28. The molecule has 0 atom stereocenters. The van der Waals surface area contributed by atoms with Crippen LogP contribution in [0.4, 0.5) is 0 Å². The van der Waals surface area contributed by atoms with E-state index in [0.717, 1.165) is 30.8 Å². The van der Waals surface area contributed by atoms with E-state index in [1.807, 2.05) is 48.6 Å². The molecule has 2 aromatic carbocycles. The lowest BCUT2D eigenvalue weighted by molar-refractivity contribution is 0.270. The van der Waals surface area contributed by atoms with Crippen LogP contribution in [0, 0.1) is 0 Å². The van der Waals surface area contributed by atoms with E-state index >= 15 is 0 Å². The molecular formula is C20H22O. The van der Waals surface area contributed by atoms with E-state index < -0.39 is 0 Å². The second-order valence-electron chi connectivity index (χ2n) is 4.87. The molecule has 2 aromatic rings. The summed E-state index contributed by atoms with van der Waals surface area (Å²) in [6.45, 7) is 2.93. The molecule has 2 rings (SSSR count). The quantitative estimate of drug-likeness (QED) is 0.366. The molecular weight excluding hydrogens is 256 g/mol. The van der Waals surface area contributed by atoms with Gasteiger partial charge in [-0.1, -0.05) is 86.2 Å². The smallest absolute Gasteiger partial charge is 0.126 e. The number of unbranched alkanes of at least 4 members (excludes halogenated alkanes) is 1. The molecule has 0 radical (unpaired) electrons. The third kappa shape index (κ3) is 5.31. The van der Waals surface area contributed by atoms with Gasteiger partial charge >= 0.3 is 0 Å². The van der Waals surface area contributed by atoms with Crippen molar-refractivity contribution in [2.75, 3.05) is 6.61 Å². The van der Waals surface area contributed by atoms with Gasteiger partial charge in [-0.3, -0.25) is 0 Å². The van der Waals surface area contributed by atoms with Crippen molar-refractivity contribution in [3.63, 3.8) is 0 Å². The van der Waals surface area contributed by atoms with Crippen LogP contribution in [0.3, 0.4) is 0 Å². The Bertz CT molecular complexity index is 567. The topological polar surface area (TPSA) is 9.23 Å². The molecule has 0 unspecified atom stereocenters. The monoisotopic (exact) mass is 278 g/mol. The van der Waals surface area contributed by atoms with Crippen molar-refractivity contribution >= 4 is 11.8 Å². The van der Waals surface area contributed by atoms with Crippen LogP contribution in [-0.2, 0) is 4.74 Å². The van der Waals surface area contributed by atoms with Gasteiger partial charge in [-0.15, -0.1) is 0 Å². The predicted octanol–water partition coefficient (Wildman–Crippen LogP) is 5.56. The standard InChI is InChI=1S/C20H22O/c1-2-3-17-21-20(19-14-8-5-9-15-19)16-10-13-18-11-6-4-7-12-18/h4-16H,2-3,17H2,1H3. The molecule has 1 heteroatoms. The zero-order valence-electron chi connectivity index (χ0n) is 12.5. The lowest BCUT2D eigenvalue weighted by Gasteiger charge is -2.09. The lowest BCUT2D eigenvalue weighted by atomic mass is 10.1. The van der Waals surface area contributed by atoms with Crippen LogP contribution < -0.4 is 0 Å². The van der Waals surface area contributed by atoms with E-state index in [9.17, 15) is 0 Å². The first-order chi connectivity index (χ1) is 10.4. The zero-order valence-corrected chi connectivity index (χ0v) is 12.5. The summed E-state index contributed by atoms with van der Waals surface area (Å²) >= 11 is 0. The van der Waals surface area contributed by atoms with Crippen molar-refractivity contribution in [3.8, 4) is 0 Å². The Kier molecular flexibility index (Phi) is 6.34. The highest BCUT2D eigenvalue weighted by Gasteiger charge is 2.00. The molecule has 0 amide bonds. The van der Waals surface area contributed by atoms with E-state index in [-0.39, 0.29) is 0 Å². The first-order valence-electron chi connectivity index (χ1n) is 7.52. The highest BCUT2D eigenvalue weighted by Crippen LogP contribution is 2.16. The van der Waals surface area contributed by atoms with E-state index in [1.165, 1.54) is 5.56 Å². The van der Waals surface area contributed by atoms with E-state index in [1.54, 1.807) is 0 Å². The summed E-state index contributed by atoms with van der Waals surface area (Å²) in [6, 6.07) is 20.5. The van der Waals surface area contributed by atoms with Crippen LogP contribution in [0.15, 0.2) is 72.8 Å². The molecule has 0 saturated heterocycles. The van der Waals surface area contributed by atoms with Crippen LogP contribution in [0.25, 0.3) is 11.8 Å². The first kappa shape index (κ1) is 15.1. The maximum absolute atomic E-state index is 5.92. The fourth-order valence-electron chi connectivity index (χ4n) is 1.97. The molecule has 0 heterocycles. The van der Waals surface area contributed by atoms with Crippen LogP contribution in [0.2, 0.25) is 0 Å². The molecule has 0 aliphatic carbocycles. The van der Waals surface area contributed by atoms with Gasteiger partial charge in [-0.25, -0.2) is 0 Å². The highest BCUT2D eigenvalue weighted by molar-refractivity contribution is 5.64. The normalized spacial score (nSPS) is 11.8. The summed E-state index contributed by atoms with van der Waals surface area (Å²) < 4.78 is 5.92. The summed E-state index contributed by atoms with van der Waals surface area (Å²) in [4.78, 5) is 0. The fourth-order valence-corrected chi connectivity index (χ4v) is 1.97. The molecule has 0 aromatic heterocycles. The van der Waals surface area contributed by atoms with Crippen LogP contribution >= 0.6 is 0 Å². The Morgan fingerprint density at radius 3 is 2.29 bits per heavy atom. The molecule has 0 saturated carbocycles. The minimum Gasteiger partial charge on any atom is -0.493 e. The second kappa shape index (κ2) is 8.80. The number of hydrogen-bond donors (Lipinski definition) is 0. The Morgan fingerprint density at radius 2 is 1.62 bits per heavy atom. The Labute approximate surface area is 127 Å². The number of hydrogen-bond acceptors (Lipinski definition) is 1. The van der Waals surface area contributed by atoms with Gasteiger partial charge in [0.1, 0.15) is 5.76 Å². The predicted molar refractivity (Wildman–Crippen MR) is 90.8 cm³/mol. The SMILES string of the molecule is CCCCOC(=CC=Cc1ccccc1)c1ccccc1. The Balaban J connectivity index is 2.11. The summed E-state index contributed by atoms with van der Waals surface area (Å²) in [5.74, 6) is 0.927. The van der Waals surface area contributed by atoms with E-state index in [0.29, 0.717) is 0 Å². The van der Waals surface area contributed by atoms with Crippen LogP contribution in [0.1, 0.15) is 30.9 Å². The van der Waals surface area contributed by atoms with Gasteiger partial charge < -0.3 is 4.74 Å². The molecule has 0 fully saturated rings. The average Bonchev–Trinajstić information content (AvgIpc) is 2.55. The third-order valence-electron chi connectivity index (χ3n) is 3.15. The number of benzene rings is 2. The summed E-state index contributed by atoms with van der Waals surface area (Å²) in [6.07, 6.45) is 8.39. The maximum atomic E-state index is 5.92. The molecule has 0 N–H and O–H groups in total. The minimum absolute atomic E-state index is 0.760. The molecule has 0 bridgehead atoms. The molecule has 0 aliphatic rings. The van der Waals surface area contributed by atoms with E-state index in [2.05, 4.69) is 37.3 Å². The highest BCUT2D eigenvalue weighted by atomic mass is 16.5. The van der Waals surface area contributed by atoms with Gasteiger partial charge in [0.2, 0.25) is 0 Å². The van der Waals surface area contributed by atoms with Crippen molar-refractivity contribution in [3.05, 3.63) is 83.9 Å². The number of rotatable bonds is 7. The molecule has 0 spiro atoms. The molecule has 1 nitrogen and oxygen atoms in total. The number of ether oxygens (including phenoxy) is 1. The molecule has 0 aliphatic heterocycles. The van der Waals surface area contributed by atoms with Gasteiger partial charge in [0.05, 0.1) is 6.61 Å². The summed E-state index contributed by atoms with van der Waals surface area (Å²) in [5.41, 5.74) is 2.31. The van der Waals surface area contributed by atoms with Crippen LogP contribution in [0.5, 0.6) is 0 Å². The molecule has 21 heavy (non-hydrogen) atoms. The average molecular weight is 278 g/mol. The summed E-state index contributed by atoms with van der Waals surface area (Å²) in [5, 5.41) is 0. The van der Waals surface area contributed by atoms with Crippen molar-refractivity contribution in [1.82, 2.24) is 0 Å². The van der Waals surface area contributed by atoms with E-state index in [4.69, 9.17) is 4.74 Å². The maximum Gasteiger partial charge on any atom is 0.126 e. The van der Waals surface area contributed by atoms with Crippen molar-refractivity contribution in [1.29, 1.82) is 0 Å². The van der Waals surface area contributed by atoms with Gasteiger partial charge in [-0.2, -0.15) is 0 Å². The van der Waals surface area contributed by atoms with Crippen molar-refractivity contribution in [2.45, 2.75) is 19.8 Å². The van der Waals surface area contributed by atoms with Crippen molar-refractivity contribution < 1.29 is 4.74 Å². The van der Waals surface area contributed by atoms with Crippen molar-refractivity contribution in [2.24, 2.45) is 0 Å². The minimum atomic E-state index is 0.760. The second-order valence-corrected chi connectivity index (χ2v) is 4.87. The molecule has 108 valence electrons. The third-order valence-corrected chi connectivity index (χ3v) is 3.15. The zero-order chi connectivity index (χ0) is 14.8. The van der Waals surface area contributed by atoms with Gasteiger partial charge in [0.15, 0.2) is 0 Å².